The van der Waals surface area contributed by atoms with Crippen LogP contribution in [-0.4, -0.2) is 30.1 Å². The summed E-state index contributed by atoms with van der Waals surface area (Å²) >= 11 is 0. The van der Waals surface area contributed by atoms with Crippen LogP contribution in [-0.2, 0) is 0 Å². The molecule has 0 aromatic carbocycles. The molecule has 0 saturated heterocycles. The number of nitrogens with zero attached hydrogens (tertiary/aromatic N) is 1. The summed E-state index contributed by atoms with van der Waals surface area (Å²) in [5, 5.41) is 0. The molecule has 0 spiro atoms. The van der Waals surface area contributed by atoms with Crippen LogP contribution in [0.3, 0.4) is 0 Å². The van der Waals surface area contributed by atoms with Crippen LogP contribution in [0.2, 0.25) is 0 Å². The summed E-state index contributed by atoms with van der Waals surface area (Å²) in [6.07, 6.45) is 11.1. The Bertz CT molecular complexity index is 241. The highest BCUT2D eigenvalue weighted by Gasteiger charge is 2.42. The van der Waals surface area contributed by atoms with Gasteiger partial charge in [0, 0.05) is 18.1 Å². The summed E-state index contributed by atoms with van der Waals surface area (Å²) in [6, 6.07) is 1.77. The molecule has 2 aliphatic rings. The van der Waals surface area contributed by atoms with Crippen LogP contribution < -0.4 is 5.73 Å². The highest BCUT2D eigenvalue weighted by atomic mass is 15.2. The van der Waals surface area contributed by atoms with Crippen LogP contribution >= 0.6 is 0 Å². The van der Waals surface area contributed by atoms with Crippen LogP contribution in [0, 0.1) is 5.41 Å². The van der Waals surface area contributed by atoms with E-state index >= 15 is 0 Å². The van der Waals surface area contributed by atoms with E-state index in [0.717, 1.165) is 6.04 Å². The quantitative estimate of drug-likeness (QED) is 0.749. The van der Waals surface area contributed by atoms with Crippen molar-refractivity contribution in [2.45, 2.75) is 83.3 Å². The monoisotopic (exact) mass is 238 g/mol. The summed E-state index contributed by atoms with van der Waals surface area (Å²) in [5.41, 5.74) is 6.80. The van der Waals surface area contributed by atoms with Crippen molar-refractivity contribution >= 4 is 0 Å². The Morgan fingerprint density at radius 1 is 1.00 bits per heavy atom. The average Bonchev–Trinajstić information content (AvgIpc) is 2.52. The van der Waals surface area contributed by atoms with E-state index in [2.05, 4.69) is 25.8 Å². The van der Waals surface area contributed by atoms with E-state index in [9.17, 15) is 0 Å². The van der Waals surface area contributed by atoms with Gasteiger partial charge in [0.25, 0.3) is 0 Å². The third-order valence-electron chi connectivity index (χ3n) is 5.33. The number of hydrogen-bond donors (Lipinski definition) is 1. The second-order valence-electron chi connectivity index (χ2n) is 6.93. The number of hydrogen-bond acceptors (Lipinski definition) is 2. The largest absolute Gasteiger partial charge is 0.326 e. The van der Waals surface area contributed by atoms with Crippen molar-refractivity contribution in [1.29, 1.82) is 0 Å². The van der Waals surface area contributed by atoms with Gasteiger partial charge >= 0.3 is 0 Å². The molecular formula is C15H30N2. The van der Waals surface area contributed by atoms with Crippen molar-refractivity contribution in [3.05, 3.63) is 0 Å². The Morgan fingerprint density at radius 3 is 2.06 bits per heavy atom. The van der Waals surface area contributed by atoms with Crippen LogP contribution in [0.5, 0.6) is 0 Å². The van der Waals surface area contributed by atoms with Crippen LogP contribution in [0.1, 0.15) is 65.2 Å². The van der Waals surface area contributed by atoms with Crippen molar-refractivity contribution in [1.82, 2.24) is 4.90 Å². The molecule has 2 fully saturated rings. The van der Waals surface area contributed by atoms with Gasteiger partial charge in [-0.15, -0.1) is 0 Å². The van der Waals surface area contributed by atoms with E-state index < -0.39 is 0 Å². The highest BCUT2D eigenvalue weighted by Crippen LogP contribution is 2.39. The van der Waals surface area contributed by atoms with E-state index in [4.69, 9.17) is 5.73 Å². The molecule has 17 heavy (non-hydrogen) atoms. The fraction of sp³-hybridized carbons (Fsp3) is 1.00. The van der Waals surface area contributed by atoms with Gasteiger partial charge in [-0.1, -0.05) is 39.5 Å². The van der Waals surface area contributed by atoms with Gasteiger partial charge in [0.05, 0.1) is 0 Å². The van der Waals surface area contributed by atoms with Crippen LogP contribution in [0.15, 0.2) is 0 Å². The lowest BCUT2D eigenvalue weighted by Crippen LogP contribution is -2.51. The standard InChI is InChI=1S/C15H30N2/c1-15(2)11-10-13(14(15)16)17(3)12-8-6-4-5-7-9-12/h12-14H,4-11,16H2,1-3H3. The molecule has 2 nitrogen and oxygen atoms in total. The molecule has 2 atom stereocenters. The Kier molecular flexibility index (Phi) is 4.14. The number of rotatable bonds is 2. The minimum atomic E-state index is 0.337. The van der Waals surface area contributed by atoms with E-state index in [-0.39, 0.29) is 0 Å². The first-order chi connectivity index (χ1) is 8.02. The summed E-state index contributed by atoms with van der Waals surface area (Å²) in [6.45, 7) is 4.66. The molecule has 0 radical (unpaired) electrons. The molecule has 2 heteroatoms. The maximum absolute atomic E-state index is 6.46. The van der Waals surface area contributed by atoms with Crippen molar-refractivity contribution < 1.29 is 0 Å². The predicted molar refractivity (Wildman–Crippen MR) is 74.0 cm³/mol. The maximum atomic E-state index is 6.46. The zero-order chi connectivity index (χ0) is 12.5. The summed E-state index contributed by atoms with van der Waals surface area (Å²) in [4.78, 5) is 2.63. The predicted octanol–water partition coefficient (Wildman–Crippen LogP) is 3.16. The molecule has 2 saturated carbocycles. The second-order valence-corrected chi connectivity index (χ2v) is 6.93. The lowest BCUT2D eigenvalue weighted by Gasteiger charge is -2.37. The third-order valence-corrected chi connectivity index (χ3v) is 5.33. The third kappa shape index (κ3) is 2.85. The minimum absolute atomic E-state index is 0.337. The summed E-state index contributed by atoms with van der Waals surface area (Å²) in [7, 11) is 2.32. The first kappa shape index (κ1) is 13.4. The Labute approximate surface area is 107 Å². The molecular weight excluding hydrogens is 208 g/mol. The van der Waals surface area contributed by atoms with Crippen LogP contribution in [0.4, 0.5) is 0 Å². The SMILES string of the molecule is CN(C1CCCCCC1)C1CCC(C)(C)C1N. The second kappa shape index (κ2) is 5.27. The maximum Gasteiger partial charge on any atom is 0.0252 e. The van der Waals surface area contributed by atoms with Gasteiger partial charge in [-0.25, -0.2) is 0 Å². The zero-order valence-electron chi connectivity index (χ0n) is 11.9. The van der Waals surface area contributed by atoms with Gasteiger partial charge in [-0.3, -0.25) is 4.90 Å². The Balaban J connectivity index is 1.97. The molecule has 2 aliphatic carbocycles. The Morgan fingerprint density at radius 2 is 1.59 bits per heavy atom. The van der Waals surface area contributed by atoms with Gasteiger partial charge in [-0.05, 0) is 38.1 Å². The molecule has 100 valence electrons. The number of nitrogens with two attached hydrogens (primary N) is 1. The van der Waals surface area contributed by atoms with Gasteiger partial charge in [0.15, 0.2) is 0 Å². The lowest BCUT2D eigenvalue weighted by molar-refractivity contribution is 0.134. The van der Waals surface area contributed by atoms with Crippen molar-refractivity contribution in [2.75, 3.05) is 7.05 Å². The molecule has 2 unspecified atom stereocenters. The first-order valence-electron chi connectivity index (χ1n) is 7.50. The zero-order valence-corrected chi connectivity index (χ0v) is 11.9. The highest BCUT2D eigenvalue weighted by molar-refractivity contribution is 4.99. The average molecular weight is 238 g/mol. The summed E-state index contributed by atoms with van der Waals surface area (Å²) < 4.78 is 0. The summed E-state index contributed by atoms with van der Waals surface area (Å²) in [5.74, 6) is 0. The Hall–Kier alpha value is -0.0800. The van der Waals surface area contributed by atoms with E-state index in [0.29, 0.717) is 17.5 Å². The lowest BCUT2D eigenvalue weighted by atomic mass is 9.87. The van der Waals surface area contributed by atoms with E-state index in [1.165, 1.54) is 51.4 Å². The van der Waals surface area contributed by atoms with Gasteiger partial charge in [0.2, 0.25) is 0 Å². The first-order valence-corrected chi connectivity index (χ1v) is 7.50. The van der Waals surface area contributed by atoms with Gasteiger partial charge in [-0.2, -0.15) is 0 Å². The fourth-order valence-electron chi connectivity index (χ4n) is 3.78. The fourth-order valence-corrected chi connectivity index (χ4v) is 3.78. The van der Waals surface area contributed by atoms with Gasteiger partial charge in [0.1, 0.15) is 0 Å². The normalized spacial score (nSPS) is 35.1. The molecule has 0 aliphatic heterocycles. The molecule has 0 amide bonds. The van der Waals surface area contributed by atoms with Gasteiger partial charge < -0.3 is 5.73 Å². The molecule has 0 aromatic heterocycles. The van der Waals surface area contributed by atoms with Crippen LogP contribution in [0.25, 0.3) is 0 Å². The molecule has 0 bridgehead atoms. The molecule has 2 rings (SSSR count). The van der Waals surface area contributed by atoms with E-state index in [1.807, 2.05) is 0 Å². The topological polar surface area (TPSA) is 29.3 Å². The van der Waals surface area contributed by atoms with E-state index in [1.54, 1.807) is 0 Å². The smallest absolute Gasteiger partial charge is 0.0252 e. The van der Waals surface area contributed by atoms with Crippen molar-refractivity contribution in [2.24, 2.45) is 11.1 Å². The molecule has 0 aromatic rings. The minimum Gasteiger partial charge on any atom is -0.326 e. The van der Waals surface area contributed by atoms with Crippen molar-refractivity contribution in [3.63, 3.8) is 0 Å². The number of likely N-dealkylation sites (N-methyl/N-ethyl adjacent to an activating group) is 1. The molecule has 2 N–H and O–H groups in total. The van der Waals surface area contributed by atoms with Crippen molar-refractivity contribution in [3.8, 4) is 0 Å². The molecule has 0 heterocycles.